The lowest BCUT2D eigenvalue weighted by Crippen LogP contribution is -2.70. The minimum Gasteiger partial charge on any atom is -0.338 e. The largest absolute Gasteiger partial charge is 0.428 e. The van der Waals surface area contributed by atoms with Crippen molar-refractivity contribution in [1.29, 1.82) is 0 Å². The van der Waals surface area contributed by atoms with Gasteiger partial charge in [0.2, 0.25) is 0 Å². The average molecular weight is 320 g/mol. The van der Waals surface area contributed by atoms with E-state index in [0.717, 1.165) is 13.8 Å². The van der Waals surface area contributed by atoms with E-state index in [4.69, 9.17) is 0 Å². The van der Waals surface area contributed by atoms with Crippen molar-refractivity contribution in [2.75, 3.05) is 0 Å². The third kappa shape index (κ3) is 2.84. The number of alkyl halides is 9. The van der Waals surface area contributed by atoms with Crippen LogP contribution in [-0.4, -0.2) is 35.6 Å². The van der Waals surface area contributed by atoms with Crippen LogP contribution in [-0.2, 0) is 4.74 Å². The van der Waals surface area contributed by atoms with Crippen molar-refractivity contribution >= 4 is 0 Å². The van der Waals surface area contributed by atoms with E-state index in [1.54, 1.807) is 0 Å². The Morgan fingerprint density at radius 2 is 0.900 bits per heavy atom. The zero-order valence-electron chi connectivity index (χ0n) is 10.9. The maximum atomic E-state index is 14.2. The Kier molecular flexibility index (Phi) is 4.79. The molecule has 10 heteroatoms. The molecule has 0 spiro atoms. The van der Waals surface area contributed by atoms with Gasteiger partial charge in [-0.15, -0.1) is 0 Å². The quantitative estimate of drug-likeness (QED) is 0.685. The molecule has 0 saturated carbocycles. The van der Waals surface area contributed by atoms with Crippen LogP contribution >= 0.6 is 0 Å². The first kappa shape index (κ1) is 19.3. The molecule has 0 radical (unpaired) electrons. The molecule has 20 heavy (non-hydrogen) atoms. The molecule has 0 rings (SSSR count). The predicted octanol–water partition coefficient (Wildman–Crippen LogP) is 4.66. The number of halogens is 9. The van der Waals surface area contributed by atoms with Crippen molar-refractivity contribution in [1.82, 2.24) is 0 Å². The lowest BCUT2D eigenvalue weighted by molar-refractivity contribution is -0.408. The second-order valence-electron chi connectivity index (χ2n) is 4.76. The number of ether oxygens (including phenoxy) is 1. The minimum absolute atomic E-state index is 0.543. The van der Waals surface area contributed by atoms with Crippen molar-refractivity contribution in [2.45, 2.75) is 63.3 Å². The fraction of sp³-hybridized carbons (Fsp3) is 1.00. The van der Waals surface area contributed by atoms with E-state index in [0.29, 0.717) is 0 Å². The predicted molar refractivity (Wildman–Crippen MR) is 51.2 cm³/mol. The first-order valence-corrected chi connectivity index (χ1v) is 5.30. The van der Waals surface area contributed by atoms with Crippen LogP contribution in [0, 0.1) is 0 Å². The van der Waals surface area contributed by atoms with Crippen LogP contribution in [0.4, 0.5) is 39.5 Å². The summed E-state index contributed by atoms with van der Waals surface area (Å²) in [7, 11) is 0. The Balaban J connectivity index is 6.16. The van der Waals surface area contributed by atoms with Gasteiger partial charge in [-0.25, -0.2) is 13.2 Å². The molecule has 0 saturated heterocycles. The van der Waals surface area contributed by atoms with Gasteiger partial charge in [0.1, 0.15) is 0 Å². The second-order valence-corrected chi connectivity index (χ2v) is 4.76. The Hall–Kier alpha value is -0.670. The van der Waals surface area contributed by atoms with Crippen LogP contribution < -0.4 is 0 Å². The highest BCUT2D eigenvalue weighted by molar-refractivity contribution is 5.10. The molecule has 0 aliphatic carbocycles. The van der Waals surface area contributed by atoms with E-state index in [-0.39, 0.29) is 0 Å². The van der Waals surface area contributed by atoms with Gasteiger partial charge in [-0.2, -0.15) is 26.3 Å². The monoisotopic (exact) mass is 320 g/mol. The number of rotatable bonds is 4. The van der Waals surface area contributed by atoms with Crippen LogP contribution in [0.15, 0.2) is 0 Å². The summed E-state index contributed by atoms with van der Waals surface area (Å²) in [6, 6.07) is 0. The molecule has 2 unspecified atom stereocenters. The fourth-order valence-corrected chi connectivity index (χ4v) is 1.35. The molecule has 0 amide bonds. The van der Waals surface area contributed by atoms with E-state index in [2.05, 4.69) is 4.74 Å². The second kappa shape index (κ2) is 4.96. The molecular weight excluding hydrogens is 307 g/mol. The Morgan fingerprint density at radius 3 is 1.05 bits per heavy atom. The van der Waals surface area contributed by atoms with Gasteiger partial charge >= 0.3 is 12.4 Å². The minimum atomic E-state index is -6.12. The van der Waals surface area contributed by atoms with Crippen LogP contribution in [0.1, 0.15) is 27.7 Å². The SMILES string of the molecule is CC(C)OC(F)(C(C)(F)C(F)(F)F)C(C)(F)C(F)(F)F. The topological polar surface area (TPSA) is 9.23 Å². The summed E-state index contributed by atoms with van der Waals surface area (Å²) in [5.74, 6) is -5.30. The van der Waals surface area contributed by atoms with Gasteiger partial charge < -0.3 is 4.74 Å². The molecule has 1 nitrogen and oxygen atoms in total. The molecule has 0 aliphatic heterocycles. The molecule has 0 aromatic rings. The summed E-state index contributed by atoms with van der Waals surface area (Å²) < 4.78 is 120. The highest BCUT2D eigenvalue weighted by Crippen LogP contribution is 2.56. The molecule has 2 atom stereocenters. The Labute approximate surface area is 109 Å². The van der Waals surface area contributed by atoms with Gasteiger partial charge in [-0.1, -0.05) is 0 Å². The lowest BCUT2D eigenvalue weighted by Gasteiger charge is -2.45. The summed E-state index contributed by atoms with van der Waals surface area (Å²) in [5.41, 5.74) is -10.4. The zero-order valence-corrected chi connectivity index (χ0v) is 10.9. The van der Waals surface area contributed by atoms with Crippen LogP contribution in [0.25, 0.3) is 0 Å². The molecule has 0 aliphatic rings. The molecule has 0 aromatic carbocycles. The van der Waals surface area contributed by atoms with E-state index in [1.807, 2.05) is 0 Å². The Morgan fingerprint density at radius 1 is 0.650 bits per heavy atom. The van der Waals surface area contributed by atoms with Gasteiger partial charge in [0.25, 0.3) is 17.2 Å². The van der Waals surface area contributed by atoms with Gasteiger partial charge in [0.15, 0.2) is 0 Å². The van der Waals surface area contributed by atoms with Crippen molar-refractivity contribution in [3.8, 4) is 0 Å². The molecule has 0 fully saturated rings. The fourth-order valence-electron chi connectivity index (χ4n) is 1.35. The van der Waals surface area contributed by atoms with Crippen LogP contribution in [0.2, 0.25) is 0 Å². The van der Waals surface area contributed by atoms with E-state index in [1.165, 1.54) is 0 Å². The highest BCUT2D eigenvalue weighted by Gasteiger charge is 2.81. The maximum Gasteiger partial charge on any atom is 0.428 e. The van der Waals surface area contributed by atoms with Gasteiger partial charge in [0, 0.05) is 0 Å². The molecule has 0 N–H and O–H groups in total. The average Bonchev–Trinajstić information content (AvgIpc) is 2.11. The lowest BCUT2D eigenvalue weighted by atomic mass is 9.84. The maximum absolute atomic E-state index is 14.2. The van der Waals surface area contributed by atoms with Crippen molar-refractivity contribution in [3.05, 3.63) is 0 Å². The summed E-state index contributed by atoms with van der Waals surface area (Å²) >= 11 is 0. The molecule has 0 bridgehead atoms. The van der Waals surface area contributed by atoms with E-state index >= 15 is 0 Å². The summed E-state index contributed by atoms with van der Waals surface area (Å²) in [4.78, 5) is 0. The smallest absolute Gasteiger partial charge is 0.338 e. The molecule has 122 valence electrons. The van der Waals surface area contributed by atoms with Gasteiger partial charge in [0.05, 0.1) is 6.10 Å². The van der Waals surface area contributed by atoms with Gasteiger partial charge in [-0.05, 0) is 27.7 Å². The van der Waals surface area contributed by atoms with Crippen molar-refractivity contribution in [2.24, 2.45) is 0 Å². The number of hydrogen-bond donors (Lipinski definition) is 0. The molecular formula is C10H13F9O. The summed E-state index contributed by atoms with van der Waals surface area (Å²) in [6.45, 7) is 0.596. The molecule has 0 heterocycles. The summed E-state index contributed by atoms with van der Waals surface area (Å²) in [5, 5.41) is 0. The van der Waals surface area contributed by atoms with Gasteiger partial charge in [-0.3, -0.25) is 0 Å². The summed E-state index contributed by atoms with van der Waals surface area (Å²) in [6.07, 6.45) is -13.9. The molecule has 0 aromatic heterocycles. The third-order valence-electron chi connectivity index (χ3n) is 2.67. The number of hydrogen-bond acceptors (Lipinski definition) is 1. The van der Waals surface area contributed by atoms with Crippen molar-refractivity contribution < 1.29 is 44.3 Å². The van der Waals surface area contributed by atoms with E-state index < -0.39 is 49.5 Å². The van der Waals surface area contributed by atoms with Crippen molar-refractivity contribution in [3.63, 3.8) is 0 Å². The Bertz CT molecular complexity index is 314. The standard InChI is InChI=1S/C10H13F9O/c1-5(2)20-8(13,6(3,11)9(14,15)16)7(4,12)10(17,18)19/h5H,1-4H3. The normalized spacial score (nSPS) is 23.1. The first-order chi connectivity index (χ1) is 8.42. The van der Waals surface area contributed by atoms with E-state index in [9.17, 15) is 39.5 Å². The van der Waals surface area contributed by atoms with Crippen LogP contribution in [0.3, 0.4) is 0 Å². The van der Waals surface area contributed by atoms with Crippen LogP contribution in [0.5, 0.6) is 0 Å². The highest BCUT2D eigenvalue weighted by atomic mass is 19.4. The zero-order chi connectivity index (χ0) is 16.8. The first-order valence-electron chi connectivity index (χ1n) is 5.30. The third-order valence-corrected chi connectivity index (χ3v) is 2.67.